The SMILES string of the molecule is N#Cc1ccccc1NC(=O)CSc1n[nH]c(=O)n1C[C@@H]1CCCO1. The summed E-state index contributed by atoms with van der Waals surface area (Å²) in [7, 11) is 0. The monoisotopic (exact) mass is 359 g/mol. The van der Waals surface area contributed by atoms with Crippen LogP contribution in [0.25, 0.3) is 0 Å². The smallest absolute Gasteiger partial charge is 0.344 e. The van der Waals surface area contributed by atoms with Crippen LogP contribution in [0.2, 0.25) is 0 Å². The molecule has 1 aromatic carbocycles. The number of H-pyrrole nitrogens is 1. The van der Waals surface area contributed by atoms with Gasteiger partial charge in [-0.3, -0.25) is 9.36 Å². The summed E-state index contributed by atoms with van der Waals surface area (Å²) in [6, 6.07) is 8.81. The summed E-state index contributed by atoms with van der Waals surface area (Å²) in [6.45, 7) is 1.14. The molecule has 0 aliphatic carbocycles. The number of hydrogen-bond donors (Lipinski definition) is 2. The standard InChI is InChI=1S/C16H17N5O3S/c17-8-11-4-1-2-6-13(11)18-14(22)10-25-16-20-19-15(23)21(16)9-12-5-3-7-24-12/h1-2,4,6,12H,3,5,7,9-10H2,(H,18,22)(H,19,23)/t12-/m0/s1. The molecular weight excluding hydrogens is 342 g/mol. The summed E-state index contributed by atoms with van der Waals surface area (Å²) >= 11 is 1.16. The lowest BCUT2D eigenvalue weighted by atomic mass is 10.2. The number of para-hydroxylation sites is 1. The van der Waals surface area contributed by atoms with Crippen molar-refractivity contribution in [2.24, 2.45) is 0 Å². The predicted octanol–water partition coefficient (Wildman–Crippen LogP) is 1.35. The number of nitrogens with zero attached hydrogens (tertiary/aromatic N) is 3. The Labute approximate surface area is 148 Å². The van der Waals surface area contributed by atoms with Gasteiger partial charge >= 0.3 is 5.69 Å². The molecule has 1 aromatic heterocycles. The van der Waals surface area contributed by atoms with Crippen LogP contribution in [-0.2, 0) is 16.1 Å². The third kappa shape index (κ3) is 4.29. The third-order valence-corrected chi connectivity index (χ3v) is 4.76. The van der Waals surface area contributed by atoms with Crippen LogP contribution in [0.15, 0.2) is 34.2 Å². The zero-order valence-electron chi connectivity index (χ0n) is 13.4. The zero-order chi connectivity index (χ0) is 17.6. The second-order valence-electron chi connectivity index (χ2n) is 5.55. The lowest BCUT2D eigenvalue weighted by Crippen LogP contribution is -2.25. The summed E-state index contributed by atoms with van der Waals surface area (Å²) in [5.74, 6) is -0.193. The topological polar surface area (TPSA) is 113 Å². The van der Waals surface area contributed by atoms with E-state index in [4.69, 9.17) is 10.00 Å². The van der Waals surface area contributed by atoms with E-state index < -0.39 is 0 Å². The summed E-state index contributed by atoms with van der Waals surface area (Å²) in [5, 5.41) is 18.6. The maximum absolute atomic E-state index is 12.1. The Kier molecular flexibility index (Phi) is 5.53. The first-order valence-electron chi connectivity index (χ1n) is 7.86. The van der Waals surface area contributed by atoms with Gasteiger partial charge in [-0.05, 0) is 25.0 Å². The van der Waals surface area contributed by atoms with Crippen molar-refractivity contribution in [3.05, 3.63) is 40.3 Å². The molecule has 1 aliphatic rings. The fraction of sp³-hybridized carbons (Fsp3) is 0.375. The van der Waals surface area contributed by atoms with Gasteiger partial charge in [-0.25, -0.2) is 9.89 Å². The molecule has 9 heteroatoms. The van der Waals surface area contributed by atoms with Crippen LogP contribution in [0, 0.1) is 11.3 Å². The summed E-state index contributed by atoms with van der Waals surface area (Å²) in [4.78, 5) is 24.0. The van der Waals surface area contributed by atoms with E-state index >= 15 is 0 Å². The van der Waals surface area contributed by atoms with Gasteiger partial charge < -0.3 is 10.1 Å². The van der Waals surface area contributed by atoms with Crippen molar-refractivity contribution in [3.63, 3.8) is 0 Å². The Hall–Kier alpha value is -2.57. The van der Waals surface area contributed by atoms with Crippen molar-refractivity contribution in [2.75, 3.05) is 17.7 Å². The Morgan fingerprint density at radius 1 is 1.52 bits per heavy atom. The molecule has 2 heterocycles. The second kappa shape index (κ2) is 8.00. The van der Waals surface area contributed by atoms with E-state index in [1.807, 2.05) is 6.07 Å². The van der Waals surface area contributed by atoms with Gasteiger partial charge in [0.25, 0.3) is 0 Å². The first kappa shape index (κ1) is 17.3. The van der Waals surface area contributed by atoms with Crippen molar-refractivity contribution in [1.82, 2.24) is 14.8 Å². The highest BCUT2D eigenvalue weighted by atomic mass is 32.2. The lowest BCUT2D eigenvalue weighted by Gasteiger charge is -2.11. The number of benzene rings is 1. The number of ether oxygens (including phenoxy) is 1. The molecule has 1 aliphatic heterocycles. The molecule has 1 atom stereocenters. The average molecular weight is 359 g/mol. The van der Waals surface area contributed by atoms with Crippen LogP contribution < -0.4 is 11.0 Å². The van der Waals surface area contributed by atoms with Crippen molar-refractivity contribution in [2.45, 2.75) is 30.6 Å². The van der Waals surface area contributed by atoms with Gasteiger partial charge in [-0.15, -0.1) is 5.10 Å². The van der Waals surface area contributed by atoms with E-state index in [0.29, 0.717) is 29.6 Å². The number of thioether (sulfide) groups is 1. The highest BCUT2D eigenvalue weighted by Crippen LogP contribution is 2.19. The number of carbonyl (C=O) groups is 1. The molecule has 2 aromatic rings. The minimum absolute atomic E-state index is 0.00554. The summed E-state index contributed by atoms with van der Waals surface area (Å²) in [6.07, 6.45) is 1.90. The minimum Gasteiger partial charge on any atom is -0.376 e. The molecule has 130 valence electrons. The summed E-state index contributed by atoms with van der Waals surface area (Å²) < 4.78 is 7.04. The molecular formula is C16H17N5O3S. The quantitative estimate of drug-likeness (QED) is 0.753. The molecule has 8 nitrogen and oxygen atoms in total. The van der Waals surface area contributed by atoms with E-state index in [1.54, 1.807) is 24.3 Å². The highest BCUT2D eigenvalue weighted by Gasteiger charge is 2.20. The molecule has 0 unspecified atom stereocenters. The highest BCUT2D eigenvalue weighted by molar-refractivity contribution is 7.99. The number of anilines is 1. The predicted molar refractivity (Wildman–Crippen MR) is 92.3 cm³/mol. The van der Waals surface area contributed by atoms with Gasteiger partial charge in [0.05, 0.1) is 29.7 Å². The van der Waals surface area contributed by atoms with Crippen LogP contribution in [0.3, 0.4) is 0 Å². The number of nitriles is 1. The van der Waals surface area contributed by atoms with Crippen LogP contribution in [-0.4, -0.2) is 39.1 Å². The Balaban J connectivity index is 1.61. The molecule has 1 fully saturated rings. The molecule has 0 bridgehead atoms. The third-order valence-electron chi connectivity index (χ3n) is 3.79. The molecule has 3 rings (SSSR count). The molecule has 1 saturated heterocycles. The lowest BCUT2D eigenvalue weighted by molar-refractivity contribution is -0.113. The molecule has 0 saturated carbocycles. The van der Waals surface area contributed by atoms with E-state index in [2.05, 4.69) is 15.5 Å². The van der Waals surface area contributed by atoms with Crippen LogP contribution in [0.4, 0.5) is 5.69 Å². The second-order valence-corrected chi connectivity index (χ2v) is 6.49. The fourth-order valence-corrected chi connectivity index (χ4v) is 3.33. The number of amides is 1. The molecule has 2 N–H and O–H groups in total. The molecule has 25 heavy (non-hydrogen) atoms. The summed E-state index contributed by atoms with van der Waals surface area (Å²) in [5.41, 5.74) is 0.554. The Morgan fingerprint density at radius 2 is 2.36 bits per heavy atom. The first-order valence-corrected chi connectivity index (χ1v) is 8.84. The first-order chi connectivity index (χ1) is 12.2. The normalized spacial score (nSPS) is 16.5. The Morgan fingerprint density at radius 3 is 3.12 bits per heavy atom. The van der Waals surface area contributed by atoms with Gasteiger partial charge in [-0.2, -0.15) is 5.26 Å². The van der Waals surface area contributed by atoms with E-state index in [0.717, 1.165) is 24.6 Å². The maximum atomic E-state index is 12.1. The van der Waals surface area contributed by atoms with E-state index in [-0.39, 0.29) is 23.5 Å². The largest absolute Gasteiger partial charge is 0.376 e. The number of rotatable bonds is 6. The van der Waals surface area contributed by atoms with Gasteiger partial charge in [-0.1, -0.05) is 23.9 Å². The maximum Gasteiger partial charge on any atom is 0.344 e. The van der Waals surface area contributed by atoms with Crippen molar-refractivity contribution < 1.29 is 9.53 Å². The average Bonchev–Trinajstić information content (AvgIpc) is 3.25. The van der Waals surface area contributed by atoms with Gasteiger partial charge in [0.2, 0.25) is 5.91 Å². The number of hydrogen-bond acceptors (Lipinski definition) is 6. The number of nitrogens with one attached hydrogen (secondary N) is 2. The van der Waals surface area contributed by atoms with Gasteiger partial charge in [0, 0.05) is 6.61 Å². The van der Waals surface area contributed by atoms with Crippen molar-refractivity contribution in [1.29, 1.82) is 5.26 Å². The van der Waals surface area contributed by atoms with Crippen LogP contribution in [0.5, 0.6) is 0 Å². The number of aromatic amines is 1. The fourth-order valence-electron chi connectivity index (χ4n) is 2.57. The Bertz CT molecular complexity index is 848. The van der Waals surface area contributed by atoms with Crippen LogP contribution in [0.1, 0.15) is 18.4 Å². The zero-order valence-corrected chi connectivity index (χ0v) is 14.2. The van der Waals surface area contributed by atoms with Crippen molar-refractivity contribution >= 4 is 23.4 Å². The van der Waals surface area contributed by atoms with E-state index in [9.17, 15) is 9.59 Å². The van der Waals surface area contributed by atoms with Gasteiger partial charge in [0.15, 0.2) is 5.16 Å². The minimum atomic E-state index is -0.312. The number of carbonyl (C=O) groups excluding carboxylic acids is 1. The molecule has 1 amide bonds. The van der Waals surface area contributed by atoms with Crippen molar-refractivity contribution in [3.8, 4) is 6.07 Å². The molecule has 0 radical (unpaired) electrons. The molecule has 0 spiro atoms. The van der Waals surface area contributed by atoms with E-state index in [1.165, 1.54) is 4.57 Å². The van der Waals surface area contributed by atoms with Gasteiger partial charge in [0.1, 0.15) is 6.07 Å². The van der Waals surface area contributed by atoms with Crippen LogP contribution >= 0.6 is 11.8 Å². The number of aromatic nitrogens is 3.